The van der Waals surface area contributed by atoms with E-state index >= 15 is 0 Å². The lowest BCUT2D eigenvalue weighted by Crippen LogP contribution is -2.10. The third-order valence-corrected chi connectivity index (χ3v) is 2.69. The first-order valence-corrected chi connectivity index (χ1v) is 5.87. The summed E-state index contributed by atoms with van der Waals surface area (Å²) in [6.45, 7) is 0.825. The first-order chi connectivity index (χ1) is 9.65. The quantitative estimate of drug-likeness (QED) is 0.253. The molecule has 0 unspecified atom stereocenters. The van der Waals surface area contributed by atoms with E-state index in [0.717, 1.165) is 0 Å². The summed E-state index contributed by atoms with van der Waals surface area (Å²) < 4.78 is 4.86. The molecule has 0 radical (unpaired) electrons. The molecule has 0 aliphatic carbocycles. The van der Waals surface area contributed by atoms with E-state index in [2.05, 4.69) is 20.4 Å². The number of nitrogens with zero attached hydrogens (tertiary/aromatic N) is 2. The number of aromatic hydroxyl groups is 2. The van der Waals surface area contributed by atoms with E-state index in [0.29, 0.717) is 29.6 Å². The van der Waals surface area contributed by atoms with Gasteiger partial charge in [0.25, 0.3) is 0 Å². The zero-order chi connectivity index (χ0) is 14.5. The van der Waals surface area contributed by atoms with E-state index in [9.17, 15) is 10.2 Å². The highest BCUT2D eigenvalue weighted by Crippen LogP contribution is 2.33. The van der Waals surface area contributed by atoms with Crippen molar-refractivity contribution in [3.63, 3.8) is 0 Å². The van der Waals surface area contributed by atoms with Crippen LogP contribution in [0.15, 0.2) is 28.3 Å². The summed E-state index contributed by atoms with van der Waals surface area (Å²) in [4.78, 5) is 6.47. The highest BCUT2D eigenvalue weighted by Gasteiger charge is 2.09. The molecule has 2 rings (SSSR count). The van der Waals surface area contributed by atoms with E-state index in [1.54, 1.807) is 25.3 Å². The normalized spacial score (nSPS) is 11.8. The molecule has 0 amide bonds. The van der Waals surface area contributed by atoms with Crippen LogP contribution in [-0.4, -0.2) is 41.4 Å². The summed E-state index contributed by atoms with van der Waals surface area (Å²) in [5.74, 6) is -0.0781. The number of ether oxygens (including phenoxy) is 1. The predicted molar refractivity (Wildman–Crippen MR) is 74.6 cm³/mol. The molecule has 5 N–H and O–H groups in total. The predicted octanol–water partition coefficient (Wildman–Crippen LogP) is 2.02. The molecule has 0 fully saturated rings. The van der Waals surface area contributed by atoms with Gasteiger partial charge in [-0.1, -0.05) is 0 Å². The Bertz CT molecular complexity index is 650. The number of hydrogen-bond acceptors (Lipinski definition) is 5. The Labute approximate surface area is 114 Å². The minimum Gasteiger partial charge on any atom is -0.494 e. The van der Waals surface area contributed by atoms with Crippen LogP contribution in [0.1, 0.15) is 0 Å². The van der Waals surface area contributed by atoms with Crippen molar-refractivity contribution in [1.29, 1.82) is 5.53 Å². The Morgan fingerprint density at radius 1 is 1.35 bits per heavy atom. The largest absolute Gasteiger partial charge is 0.494 e. The Balaban J connectivity index is 2.22. The molecule has 0 saturated carbocycles. The van der Waals surface area contributed by atoms with Gasteiger partial charge >= 0.3 is 0 Å². The Morgan fingerprint density at radius 3 is 2.80 bits per heavy atom. The van der Waals surface area contributed by atoms with Crippen LogP contribution in [0.25, 0.3) is 10.8 Å². The smallest absolute Gasteiger partial charge is 0.241 e. The zero-order valence-corrected chi connectivity index (χ0v) is 10.8. The lowest BCUT2D eigenvalue weighted by Gasteiger charge is -2.05. The molecule has 2 aromatic rings. The zero-order valence-electron chi connectivity index (χ0n) is 10.8. The molecule has 1 aromatic carbocycles. The van der Waals surface area contributed by atoms with Crippen LogP contribution in [0.2, 0.25) is 0 Å². The van der Waals surface area contributed by atoms with E-state index in [1.807, 2.05) is 0 Å². The van der Waals surface area contributed by atoms with E-state index in [-0.39, 0.29) is 17.7 Å². The van der Waals surface area contributed by atoms with Crippen molar-refractivity contribution in [2.45, 2.75) is 0 Å². The van der Waals surface area contributed by atoms with Crippen LogP contribution in [0.5, 0.6) is 11.8 Å². The Morgan fingerprint density at radius 2 is 2.10 bits per heavy atom. The van der Waals surface area contributed by atoms with Gasteiger partial charge in [-0.3, -0.25) is 4.98 Å². The molecular weight excluding hydrogens is 262 g/mol. The average molecular weight is 277 g/mol. The number of methoxy groups -OCH3 is 1. The molecule has 0 bridgehead atoms. The van der Waals surface area contributed by atoms with Crippen LogP contribution in [0.3, 0.4) is 0 Å². The standard InChI is InChI=1S/C12H15N5O3/c1-20-5-4-14-12(17-13)15-7-2-3-8-9(6-7)11(19)16-10(8)18/h2-3,6,13,16,18-19H,4-5H2,1H3,(H,14,15). The van der Waals surface area contributed by atoms with Gasteiger partial charge in [-0.15, -0.1) is 5.11 Å². The van der Waals surface area contributed by atoms with Gasteiger partial charge in [0.1, 0.15) is 0 Å². The number of aromatic nitrogens is 1. The molecule has 0 spiro atoms. The number of hydrogen-bond donors (Lipinski definition) is 5. The molecule has 20 heavy (non-hydrogen) atoms. The summed E-state index contributed by atoms with van der Waals surface area (Å²) in [5, 5.41) is 26.3. The molecular formula is C12H15N5O3. The Kier molecular flexibility index (Phi) is 4.16. The lowest BCUT2D eigenvalue weighted by atomic mass is 10.2. The van der Waals surface area contributed by atoms with Crippen LogP contribution < -0.4 is 5.32 Å². The number of aliphatic imine (C=N–C) groups is 1. The topological polar surface area (TPSA) is 126 Å². The molecule has 0 atom stereocenters. The summed E-state index contributed by atoms with van der Waals surface area (Å²) >= 11 is 0. The van der Waals surface area contributed by atoms with Gasteiger partial charge in [0.05, 0.1) is 13.2 Å². The SMILES string of the molecule is COCCN=C(N=N)Nc1ccc2c(O)[nH]c(O)c2c1. The number of rotatable bonds is 4. The van der Waals surface area contributed by atoms with Crippen molar-refractivity contribution >= 4 is 22.4 Å². The summed E-state index contributed by atoms with van der Waals surface area (Å²) in [7, 11) is 1.57. The van der Waals surface area contributed by atoms with Gasteiger partial charge in [-0.05, 0) is 18.2 Å². The van der Waals surface area contributed by atoms with Crippen LogP contribution in [0.4, 0.5) is 5.69 Å². The summed E-state index contributed by atoms with van der Waals surface area (Å²) in [6.07, 6.45) is 0. The van der Waals surface area contributed by atoms with Gasteiger partial charge in [0, 0.05) is 23.6 Å². The van der Waals surface area contributed by atoms with Gasteiger partial charge < -0.3 is 20.3 Å². The monoisotopic (exact) mass is 277 g/mol. The third kappa shape index (κ3) is 2.86. The third-order valence-electron chi connectivity index (χ3n) is 2.69. The lowest BCUT2D eigenvalue weighted by molar-refractivity contribution is 0.208. The maximum absolute atomic E-state index is 9.63. The van der Waals surface area contributed by atoms with Crippen molar-refractivity contribution in [2.24, 2.45) is 10.1 Å². The van der Waals surface area contributed by atoms with Crippen molar-refractivity contribution in [1.82, 2.24) is 4.98 Å². The Hall–Kier alpha value is -2.61. The first kappa shape index (κ1) is 13.8. The number of guanidine groups is 1. The van der Waals surface area contributed by atoms with Crippen LogP contribution >= 0.6 is 0 Å². The fourth-order valence-corrected chi connectivity index (χ4v) is 1.75. The van der Waals surface area contributed by atoms with Crippen LogP contribution in [-0.2, 0) is 4.74 Å². The highest BCUT2D eigenvalue weighted by atomic mass is 16.5. The van der Waals surface area contributed by atoms with Gasteiger partial charge in [0.15, 0.2) is 11.8 Å². The van der Waals surface area contributed by atoms with E-state index in [4.69, 9.17) is 10.3 Å². The second-order valence-electron chi connectivity index (χ2n) is 4.02. The van der Waals surface area contributed by atoms with Gasteiger partial charge in [0.2, 0.25) is 5.96 Å². The number of H-pyrrole nitrogens is 1. The molecule has 0 saturated heterocycles. The van der Waals surface area contributed by atoms with Gasteiger partial charge in [-0.2, -0.15) is 0 Å². The maximum Gasteiger partial charge on any atom is 0.241 e. The van der Waals surface area contributed by atoms with Crippen LogP contribution in [0, 0.1) is 5.53 Å². The molecule has 8 nitrogen and oxygen atoms in total. The second kappa shape index (κ2) is 6.02. The van der Waals surface area contributed by atoms with E-state index in [1.165, 1.54) is 0 Å². The summed E-state index contributed by atoms with van der Waals surface area (Å²) in [6, 6.07) is 4.95. The first-order valence-electron chi connectivity index (χ1n) is 5.87. The summed E-state index contributed by atoms with van der Waals surface area (Å²) in [5.41, 5.74) is 7.65. The van der Waals surface area contributed by atoms with Crippen molar-refractivity contribution in [2.75, 3.05) is 25.6 Å². The molecule has 1 heterocycles. The molecule has 0 aliphatic rings. The average Bonchev–Trinajstić information content (AvgIpc) is 2.73. The molecule has 1 aromatic heterocycles. The van der Waals surface area contributed by atoms with E-state index < -0.39 is 0 Å². The number of benzene rings is 1. The molecule has 0 aliphatic heterocycles. The number of nitrogens with one attached hydrogen (secondary N) is 3. The van der Waals surface area contributed by atoms with Gasteiger partial charge in [-0.25, -0.2) is 10.5 Å². The molecule has 106 valence electrons. The highest BCUT2D eigenvalue weighted by molar-refractivity contribution is 5.99. The number of fused-ring (bicyclic) bond motifs is 1. The second-order valence-corrected chi connectivity index (χ2v) is 4.02. The fourth-order valence-electron chi connectivity index (χ4n) is 1.75. The minimum absolute atomic E-state index is 0.0942. The molecule has 8 heteroatoms. The van der Waals surface area contributed by atoms with Crippen molar-refractivity contribution < 1.29 is 14.9 Å². The number of anilines is 1. The fraction of sp³-hybridized carbons (Fsp3) is 0.250. The minimum atomic E-state index is -0.123. The maximum atomic E-state index is 9.63. The van der Waals surface area contributed by atoms with Crippen molar-refractivity contribution in [3.05, 3.63) is 18.2 Å². The number of aromatic amines is 1. The van der Waals surface area contributed by atoms with Crippen molar-refractivity contribution in [3.8, 4) is 11.8 Å².